The van der Waals surface area contributed by atoms with E-state index < -0.39 is 0 Å². The fourth-order valence-electron chi connectivity index (χ4n) is 7.99. The molecule has 0 amide bonds. The molecule has 2 aromatic heterocycles. The number of aromatic nitrogens is 3. The van der Waals surface area contributed by atoms with E-state index in [1.54, 1.807) is 0 Å². The van der Waals surface area contributed by atoms with Gasteiger partial charge in [-0.2, -0.15) is 0 Å². The normalized spacial score (nSPS) is 11.9. The van der Waals surface area contributed by atoms with Crippen LogP contribution in [0, 0.1) is 0 Å². The summed E-state index contributed by atoms with van der Waals surface area (Å²) in [6, 6.07) is 57.3. The molecule has 0 radical (unpaired) electrons. The highest BCUT2D eigenvalue weighted by molar-refractivity contribution is 6.26. The number of rotatable bonds is 4. The van der Waals surface area contributed by atoms with Gasteiger partial charge in [0.15, 0.2) is 17.5 Å². The summed E-state index contributed by atoms with van der Waals surface area (Å²) < 4.78 is 6.63. The second-order valence-corrected chi connectivity index (χ2v) is 13.1. The first kappa shape index (κ1) is 28.0. The molecule has 10 aromatic rings. The molecule has 0 unspecified atom stereocenters. The lowest BCUT2D eigenvalue weighted by atomic mass is 9.87. The molecule has 2 heterocycles. The van der Waals surface area contributed by atoms with Crippen molar-refractivity contribution in [2.24, 2.45) is 0 Å². The molecule has 11 rings (SSSR count). The van der Waals surface area contributed by atoms with Crippen molar-refractivity contribution >= 4 is 43.5 Å². The van der Waals surface area contributed by atoms with E-state index in [1.165, 1.54) is 38.4 Å². The first-order valence-corrected chi connectivity index (χ1v) is 17.2. The van der Waals surface area contributed by atoms with Crippen LogP contribution in [0.15, 0.2) is 168 Å². The Kier molecular flexibility index (Phi) is 5.92. The number of nitrogens with zero attached hydrogens (tertiary/aromatic N) is 3. The Hall–Kier alpha value is -6.91. The number of furan rings is 1. The minimum absolute atomic E-state index is 0.620. The van der Waals surface area contributed by atoms with Gasteiger partial charge in [0, 0.05) is 33.0 Å². The SMILES string of the molecule is c1ccc(-c2nc(-c3ccc4ccccc4c3)nc(-c3ccccc3-c3c4c(cc5oc6ccccc6c35)-c3cccc5cccc-4c35)n2)cc1. The van der Waals surface area contributed by atoms with Gasteiger partial charge in [-0.05, 0) is 67.6 Å². The van der Waals surface area contributed by atoms with Crippen molar-refractivity contribution in [2.75, 3.05) is 0 Å². The van der Waals surface area contributed by atoms with Crippen LogP contribution in [0.4, 0.5) is 0 Å². The number of hydrogen-bond donors (Lipinski definition) is 0. The lowest BCUT2D eigenvalue weighted by Crippen LogP contribution is -2.01. The number of hydrogen-bond acceptors (Lipinski definition) is 4. The van der Waals surface area contributed by atoms with Crippen molar-refractivity contribution in [1.82, 2.24) is 15.0 Å². The van der Waals surface area contributed by atoms with E-state index in [1.807, 2.05) is 24.3 Å². The summed E-state index contributed by atoms with van der Waals surface area (Å²) in [4.78, 5) is 15.5. The largest absolute Gasteiger partial charge is 0.456 e. The van der Waals surface area contributed by atoms with E-state index >= 15 is 0 Å². The van der Waals surface area contributed by atoms with E-state index in [-0.39, 0.29) is 0 Å². The molecular weight excluding hydrogens is 623 g/mol. The van der Waals surface area contributed by atoms with Crippen molar-refractivity contribution in [2.45, 2.75) is 0 Å². The van der Waals surface area contributed by atoms with E-state index in [9.17, 15) is 0 Å². The Morgan fingerprint density at radius 2 is 0.980 bits per heavy atom. The molecular formula is C47H27N3O. The van der Waals surface area contributed by atoms with Crippen LogP contribution in [0.1, 0.15) is 0 Å². The predicted molar refractivity (Wildman–Crippen MR) is 208 cm³/mol. The lowest BCUT2D eigenvalue weighted by molar-refractivity contribution is 0.669. The van der Waals surface area contributed by atoms with Crippen LogP contribution in [0.2, 0.25) is 0 Å². The topological polar surface area (TPSA) is 51.8 Å². The highest BCUT2D eigenvalue weighted by Crippen LogP contribution is 2.55. The van der Waals surface area contributed by atoms with Crippen LogP contribution in [0.3, 0.4) is 0 Å². The van der Waals surface area contributed by atoms with Gasteiger partial charge in [-0.25, -0.2) is 15.0 Å². The van der Waals surface area contributed by atoms with Crippen LogP contribution in [-0.4, -0.2) is 15.0 Å². The van der Waals surface area contributed by atoms with Gasteiger partial charge in [-0.3, -0.25) is 0 Å². The van der Waals surface area contributed by atoms with Crippen molar-refractivity contribution in [3.63, 3.8) is 0 Å². The average molecular weight is 650 g/mol. The highest BCUT2D eigenvalue weighted by atomic mass is 16.3. The summed E-state index contributed by atoms with van der Waals surface area (Å²) in [5, 5.41) is 6.99. The molecule has 0 saturated carbocycles. The monoisotopic (exact) mass is 649 g/mol. The van der Waals surface area contributed by atoms with Crippen molar-refractivity contribution in [3.05, 3.63) is 164 Å². The first-order valence-electron chi connectivity index (χ1n) is 17.2. The number of benzene rings is 8. The summed E-state index contributed by atoms with van der Waals surface area (Å²) in [7, 11) is 0. The van der Waals surface area contributed by atoms with E-state index in [0.717, 1.165) is 55.1 Å². The van der Waals surface area contributed by atoms with Gasteiger partial charge in [0.1, 0.15) is 11.2 Å². The quantitative estimate of drug-likeness (QED) is 0.190. The second-order valence-electron chi connectivity index (χ2n) is 13.1. The average Bonchev–Trinajstić information content (AvgIpc) is 3.73. The van der Waals surface area contributed by atoms with Crippen LogP contribution < -0.4 is 0 Å². The molecule has 0 spiro atoms. The molecule has 0 atom stereocenters. The van der Waals surface area contributed by atoms with E-state index in [0.29, 0.717) is 17.5 Å². The minimum atomic E-state index is 0.620. The van der Waals surface area contributed by atoms with Gasteiger partial charge in [-0.1, -0.05) is 146 Å². The van der Waals surface area contributed by atoms with Gasteiger partial charge >= 0.3 is 0 Å². The van der Waals surface area contributed by atoms with Gasteiger partial charge in [0.2, 0.25) is 0 Å². The molecule has 0 aliphatic heterocycles. The summed E-state index contributed by atoms with van der Waals surface area (Å²) in [6.07, 6.45) is 0. The third-order valence-electron chi connectivity index (χ3n) is 10.2. The van der Waals surface area contributed by atoms with Crippen LogP contribution in [0.25, 0.3) is 111 Å². The summed E-state index contributed by atoms with van der Waals surface area (Å²) in [5.41, 5.74) is 11.6. The molecule has 8 aromatic carbocycles. The van der Waals surface area contributed by atoms with Crippen LogP contribution >= 0.6 is 0 Å². The molecule has 1 aliphatic carbocycles. The Labute approximate surface area is 293 Å². The Morgan fingerprint density at radius 1 is 0.333 bits per heavy atom. The molecule has 1 aliphatic rings. The smallest absolute Gasteiger partial charge is 0.164 e. The maximum absolute atomic E-state index is 6.63. The maximum atomic E-state index is 6.63. The third-order valence-corrected chi connectivity index (χ3v) is 10.2. The first-order chi connectivity index (χ1) is 25.3. The van der Waals surface area contributed by atoms with Gasteiger partial charge < -0.3 is 4.42 Å². The highest BCUT2D eigenvalue weighted by Gasteiger charge is 2.30. The Balaban J connectivity index is 1.23. The van der Waals surface area contributed by atoms with Gasteiger partial charge in [-0.15, -0.1) is 0 Å². The Morgan fingerprint density at radius 3 is 1.84 bits per heavy atom. The molecule has 0 bridgehead atoms. The predicted octanol–water partition coefficient (Wildman–Crippen LogP) is 12.4. The molecule has 4 heteroatoms. The standard InChI is InChI=1S/C47H27N3O/c1-2-13-30(14-3-1)45-48-46(32-25-24-28-12-4-5-15-31(28)26-32)50-47(49-45)35-19-7-6-18-33(35)44-42-37-22-11-17-29-16-10-21-34(41(29)37)38(42)27-40-43(44)36-20-8-9-23-39(36)51-40/h1-27H. The fourth-order valence-corrected chi connectivity index (χ4v) is 7.99. The zero-order valence-electron chi connectivity index (χ0n) is 27.3. The van der Waals surface area contributed by atoms with E-state index in [4.69, 9.17) is 19.4 Å². The van der Waals surface area contributed by atoms with Crippen molar-refractivity contribution in [3.8, 4) is 67.5 Å². The third kappa shape index (κ3) is 4.23. The van der Waals surface area contributed by atoms with Gasteiger partial charge in [0.25, 0.3) is 0 Å². The summed E-state index contributed by atoms with van der Waals surface area (Å²) in [5.74, 6) is 1.89. The summed E-state index contributed by atoms with van der Waals surface area (Å²) >= 11 is 0. The molecule has 0 saturated heterocycles. The van der Waals surface area contributed by atoms with E-state index in [2.05, 4.69) is 140 Å². The molecule has 51 heavy (non-hydrogen) atoms. The second kappa shape index (κ2) is 10.8. The zero-order chi connectivity index (χ0) is 33.5. The summed E-state index contributed by atoms with van der Waals surface area (Å²) in [6.45, 7) is 0. The van der Waals surface area contributed by atoms with Crippen LogP contribution in [-0.2, 0) is 0 Å². The van der Waals surface area contributed by atoms with Crippen LogP contribution in [0.5, 0.6) is 0 Å². The number of para-hydroxylation sites is 1. The van der Waals surface area contributed by atoms with Gasteiger partial charge in [0.05, 0.1) is 0 Å². The Bertz CT molecular complexity index is 3030. The minimum Gasteiger partial charge on any atom is -0.456 e. The molecule has 236 valence electrons. The number of fused-ring (bicyclic) bond motifs is 7. The molecule has 4 nitrogen and oxygen atoms in total. The lowest BCUT2D eigenvalue weighted by Gasteiger charge is -2.17. The zero-order valence-corrected chi connectivity index (χ0v) is 27.3. The van der Waals surface area contributed by atoms with Crippen molar-refractivity contribution < 1.29 is 4.42 Å². The molecule has 0 fully saturated rings. The van der Waals surface area contributed by atoms with Crippen molar-refractivity contribution in [1.29, 1.82) is 0 Å². The fraction of sp³-hybridized carbons (Fsp3) is 0. The molecule has 0 N–H and O–H groups in total. The maximum Gasteiger partial charge on any atom is 0.164 e.